The van der Waals surface area contributed by atoms with Crippen molar-refractivity contribution in [3.05, 3.63) is 41.5 Å². The second-order valence-electron chi connectivity index (χ2n) is 7.00. The van der Waals surface area contributed by atoms with E-state index in [1.807, 2.05) is 24.3 Å². The van der Waals surface area contributed by atoms with Gasteiger partial charge >= 0.3 is 6.09 Å². The van der Waals surface area contributed by atoms with Crippen molar-refractivity contribution >= 4 is 11.7 Å². The van der Waals surface area contributed by atoms with Crippen LogP contribution in [0.15, 0.2) is 30.3 Å². The van der Waals surface area contributed by atoms with Crippen molar-refractivity contribution in [1.29, 1.82) is 0 Å². The van der Waals surface area contributed by atoms with Gasteiger partial charge in [0.1, 0.15) is 0 Å². The minimum atomic E-state index is -0.814. The summed E-state index contributed by atoms with van der Waals surface area (Å²) in [5.41, 5.74) is 3.11. The molecule has 2 aliphatic carbocycles. The molecular weight excluding hydrogens is 278 g/mol. The summed E-state index contributed by atoms with van der Waals surface area (Å²) in [7, 11) is 0. The van der Waals surface area contributed by atoms with Crippen LogP contribution in [0.5, 0.6) is 0 Å². The predicted molar refractivity (Wildman–Crippen MR) is 83.4 cm³/mol. The zero-order valence-corrected chi connectivity index (χ0v) is 12.5. The van der Waals surface area contributed by atoms with E-state index in [2.05, 4.69) is 6.07 Å². The number of carboxylic acid groups (broad SMARTS) is 1. The van der Waals surface area contributed by atoms with Crippen molar-refractivity contribution in [3.63, 3.8) is 0 Å². The first kappa shape index (κ1) is 13.8. The third-order valence-corrected chi connectivity index (χ3v) is 5.77. The Morgan fingerprint density at radius 2 is 1.95 bits per heavy atom. The molecule has 0 spiro atoms. The van der Waals surface area contributed by atoms with Crippen LogP contribution in [0.4, 0.5) is 4.79 Å². The SMILES string of the molecule is O=C(O)N1CC2CCC(C3=CC(O)c4ccccc43)(CC2)C1. The molecule has 1 aromatic carbocycles. The number of aliphatic hydroxyl groups excluding tert-OH is 1. The van der Waals surface area contributed by atoms with E-state index in [-0.39, 0.29) is 5.41 Å². The Labute approximate surface area is 130 Å². The zero-order valence-electron chi connectivity index (χ0n) is 12.5. The highest BCUT2D eigenvalue weighted by atomic mass is 16.4. The number of nitrogens with zero attached hydrogens (tertiary/aromatic N) is 1. The molecule has 1 saturated carbocycles. The normalized spacial score (nSPS) is 33.3. The first-order valence-electron chi connectivity index (χ1n) is 8.07. The summed E-state index contributed by atoms with van der Waals surface area (Å²) in [5.74, 6) is 0.494. The van der Waals surface area contributed by atoms with E-state index in [0.29, 0.717) is 19.0 Å². The Morgan fingerprint density at radius 3 is 2.68 bits per heavy atom. The molecule has 0 aromatic heterocycles. The van der Waals surface area contributed by atoms with Gasteiger partial charge in [0.25, 0.3) is 0 Å². The number of amides is 1. The fourth-order valence-electron chi connectivity index (χ4n) is 4.61. The number of carbonyl (C=O) groups is 1. The van der Waals surface area contributed by atoms with Crippen molar-refractivity contribution < 1.29 is 15.0 Å². The molecule has 1 amide bonds. The third kappa shape index (κ3) is 1.97. The summed E-state index contributed by atoms with van der Waals surface area (Å²) in [6.45, 7) is 1.22. The van der Waals surface area contributed by atoms with Crippen molar-refractivity contribution in [3.8, 4) is 0 Å². The van der Waals surface area contributed by atoms with Gasteiger partial charge in [0, 0.05) is 18.5 Å². The molecule has 2 bridgehead atoms. The van der Waals surface area contributed by atoms with Gasteiger partial charge in [-0.15, -0.1) is 0 Å². The van der Waals surface area contributed by atoms with E-state index in [1.54, 1.807) is 4.90 Å². The van der Waals surface area contributed by atoms with Crippen molar-refractivity contribution in [2.45, 2.75) is 31.8 Å². The monoisotopic (exact) mass is 299 g/mol. The van der Waals surface area contributed by atoms with Crippen molar-refractivity contribution in [1.82, 2.24) is 4.90 Å². The maximum Gasteiger partial charge on any atom is 0.407 e. The van der Waals surface area contributed by atoms with Crippen molar-refractivity contribution in [2.75, 3.05) is 13.1 Å². The van der Waals surface area contributed by atoms with Crippen LogP contribution in [-0.2, 0) is 0 Å². The van der Waals surface area contributed by atoms with Gasteiger partial charge in [-0.05, 0) is 54.4 Å². The third-order valence-electron chi connectivity index (χ3n) is 5.77. The van der Waals surface area contributed by atoms with Gasteiger partial charge in [-0.2, -0.15) is 0 Å². The molecule has 1 unspecified atom stereocenters. The zero-order chi connectivity index (χ0) is 15.3. The van der Waals surface area contributed by atoms with Gasteiger partial charge in [-0.25, -0.2) is 4.79 Å². The number of benzene rings is 1. The molecule has 4 nitrogen and oxygen atoms in total. The van der Waals surface area contributed by atoms with Gasteiger partial charge in [0.15, 0.2) is 0 Å². The van der Waals surface area contributed by atoms with Crippen LogP contribution in [0.25, 0.3) is 5.57 Å². The first-order chi connectivity index (χ1) is 10.6. The maximum atomic E-state index is 11.6. The molecule has 2 heterocycles. The molecule has 0 radical (unpaired) electrons. The molecule has 1 aromatic rings. The van der Waals surface area contributed by atoms with Gasteiger partial charge in [0.05, 0.1) is 6.10 Å². The molecule has 4 aliphatic rings. The number of rotatable bonds is 1. The number of aliphatic hydroxyl groups is 1. The van der Waals surface area contributed by atoms with E-state index in [9.17, 15) is 15.0 Å². The van der Waals surface area contributed by atoms with Gasteiger partial charge in [-0.1, -0.05) is 24.3 Å². The van der Waals surface area contributed by atoms with E-state index in [4.69, 9.17) is 0 Å². The second-order valence-corrected chi connectivity index (χ2v) is 7.00. The molecule has 5 rings (SSSR count). The molecule has 22 heavy (non-hydrogen) atoms. The maximum absolute atomic E-state index is 11.6. The minimum Gasteiger partial charge on any atom is -0.465 e. The molecule has 116 valence electrons. The Morgan fingerprint density at radius 1 is 1.23 bits per heavy atom. The highest BCUT2D eigenvalue weighted by Crippen LogP contribution is 2.54. The Hall–Kier alpha value is -1.81. The summed E-state index contributed by atoms with van der Waals surface area (Å²) in [6.07, 6.45) is 4.79. The lowest BCUT2D eigenvalue weighted by Gasteiger charge is -2.38. The molecule has 1 atom stereocenters. The highest BCUT2D eigenvalue weighted by molar-refractivity contribution is 5.79. The first-order valence-corrected chi connectivity index (χ1v) is 8.07. The topological polar surface area (TPSA) is 60.8 Å². The largest absolute Gasteiger partial charge is 0.465 e. The fraction of sp³-hybridized carbons (Fsp3) is 0.500. The van der Waals surface area contributed by atoms with Crippen LogP contribution in [0.2, 0.25) is 0 Å². The summed E-state index contributed by atoms with van der Waals surface area (Å²) in [5, 5.41) is 19.8. The van der Waals surface area contributed by atoms with Gasteiger partial charge in [0.2, 0.25) is 0 Å². The summed E-state index contributed by atoms with van der Waals surface area (Å²) in [6, 6.07) is 7.98. The Kier molecular flexibility index (Phi) is 3.05. The average molecular weight is 299 g/mol. The van der Waals surface area contributed by atoms with Crippen LogP contribution in [0.1, 0.15) is 42.9 Å². The molecular formula is C18H21NO3. The molecule has 2 aliphatic heterocycles. The van der Waals surface area contributed by atoms with Crippen LogP contribution in [0, 0.1) is 11.3 Å². The van der Waals surface area contributed by atoms with Gasteiger partial charge in [-0.3, -0.25) is 0 Å². The fourth-order valence-corrected chi connectivity index (χ4v) is 4.61. The molecule has 2 saturated heterocycles. The standard InChI is InChI=1S/C18H21NO3/c20-16-9-15(13-3-1-2-4-14(13)16)18-7-5-12(6-8-18)10-19(11-18)17(21)22/h1-4,9,12,16,20H,5-8,10-11H2,(H,21,22). The quantitative estimate of drug-likeness (QED) is 0.836. The van der Waals surface area contributed by atoms with E-state index >= 15 is 0 Å². The summed E-state index contributed by atoms with van der Waals surface area (Å²) in [4.78, 5) is 13.1. The van der Waals surface area contributed by atoms with E-state index < -0.39 is 12.2 Å². The van der Waals surface area contributed by atoms with Crippen LogP contribution < -0.4 is 0 Å². The molecule has 3 fully saturated rings. The van der Waals surface area contributed by atoms with E-state index in [0.717, 1.165) is 36.8 Å². The van der Waals surface area contributed by atoms with Crippen LogP contribution >= 0.6 is 0 Å². The van der Waals surface area contributed by atoms with Crippen molar-refractivity contribution in [2.24, 2.45) is 11.3 Å². The summed E-state index contributed by atoms with van der Waals surface area (Å²) < 4.78 is 0. The average Bonchev–Trinajstić information content (AvgIpc) is 2.69. The Balaban J connectivity index is 1.77. The lowest BCUT2D eigenvalue weighted by atomic mass is 9.66. The Bertz CT molecular complexity index is 643. The lowest BCUT2D eigenvalue weighted by Crippen LogP contribution is -2.38. The second kappa shape index (κ2) is 4.85. The highest BCUT2D eigenvalue weighted by Gasteiger charge is 2.46. The lowest BCUT2D eigenvalue weighted by molar-refractivity contribution is 0.135. The van der Waals surface area contributed by atoms with Crippen LogP contribution in [-0.4, -0.2) is 34.3 Å². The minimum absolute atomic E-state index is 0.126. The molecule has 2 N–H and O–H groups in total. The molecule has 4 heteroatoms. The van der Waals surface area contributed by atoms with E-state index in [1.165, 1.54) is 5.57 Å². The van der Waals surface area contributed by atoms with Crippen LogP contribution in [0.3, 0.4) is 0 Å². The predicted octanol–water partition coefficient (Wildman–Crippen LogP) is 3.29. The number of fused-ring (bicyclic) bond motifs is 5. The smallest absolute Gasteiger partial charge is 0.407 e. The van der Waals surface area contributed by atoms with Gasteiger partial charge < -0.3 is 15.1 Å². The number of hydrogen-bond acceptors (Lipinski definition) is 2. The summed E-state index contributed by atoms with van der Waals surface area (Å²) >= 11 is 0. The number of hydrogen-bond donors (Lipinski definition) is 2.